The Morgan fingerprint density at radius 2 is 1.66 bits per heavy atom. The number of carbonyl (C=O) groups excluding carboxylic acids is 4. The Morgan fingerprint density at radius 3 is 2.31 bits per heavy atom. The normalized spacial score (nSPS) is 23.9. The molecule has 0 aromatic rings. The van der Waals surface area contributed by atoms with Crippen molar-refractivity contribution in [2.24, 2.45) is 23.7 Å². The molecule has 194 valence electrons. The molecular weight excluding hydrogens is 448 g/mol. The van der Waals surface area contributed by atoms with Gasteiger partial charge in [0, 0.05) is 38.6 Å². The fraction of sp³-hybridized carbons (Fsp3) is 0.778. The van der Waals surface area contributed by atoms with Crippen molar-refractivity contribution in [2.45, 2.75) is 96.8 Å². The molecule has 3 amide bonds. The van der Waals surface area contributed by atoms with Crippen molar-refractivity contribution >= 4 is 23.9 Å². The third-order valence-corrected chi connectivity index (χ3v) is 7.48. The molecule has 8 nitrogen and oxygen atoms in total. The molecule has 1 aliphatic heterocycles. The summed E-state index contributed by atoms with van der Waals surface area (Å²) in [7, 11) is 0. The lowest BCUT2D eigenvalue weighted by Crippen LogP contribution is -2.32. The van der Waals surface area contributed by atoms with Gasteiger partial charge in [-0.05, 0) is 49.4 Å². The first kappa shape index (κ1) is 27.0. The van der Waals surface area contributed by atoms with Crippen LogP contribution in [-0.2, 0) is 24.0 Å². The molecule has 1 saturated heterocycles. The van der Waals surface area contributed by atoms with Gasteiger partial charge < -0.3 is 14.9 Å². The predicted octanol–water partition coefficient (Wildman–Crippen LogP) is 4.52. The lowest BCUT2D eigenvalue weighted by molar-refractivity contribution is -0.197. The number of hydrogen-bond acceptors (Lipinski definition) is 6. The highest BCUT2D eigenvalue weighted by Crippen LogP contribution is 2.52. The van der Waals surface area contributed by atoms with Crippen molar-refractivity contribution in [3.63, 3.8) is 0 Å². The molecule has 0 aromatic carbocycles. The van der Waals surface area contributed by atoms with Crippen LogP contribution in [0.3, 0.4) is 0 Å². The number of carbonyl (C=O) groups is 4. The fourth-order valence-corrected chi connectivity index (χ4v) is 5.31. The Hall–Kier alpha value is -2.56. The van der Waals surface area contributed by atoms with Gasteiger partial charge in [0.15, 0.2) is 0 Å². The number of alkyl carbamates (subject to hydrolysis) is 1. The molecule has 3 aliphatic rings. The Morgan fingerprint density at radius 1 is 1.00 bits per heavy atom. The zero-order chi connectivity index (χ0) is 25.0. The smallest absolute Gasteiger partial charge is 0.407 e. The molecule has 1 saturated carbocycles. The summed E-state index contributed by atoms with van der Waals surface area (Å²) in [4.78, 5) is 52.3. The minimum absolute atomic E-state index is 0.101. The summed E-state index contributed by atoms with van der Waals surface area (Å²) in [5, 5.41) is 3.47. The maximum atomic E-state index is 12.1. The molecule has 2 aliphatic carbocycles. The summed E-state index contributed by atoms with van der Waals surface area (Å²) >= 11 is 0. The summed E-state index contributed by atoms with van der Waals surface area (Å²) in [6.45, 7) is 3.22. The van der Waals surface area contributed by atoms with Gasteiger partial charge in [-0.2, -0.15) is 0 Å². The number of rotatable bonds is 14. The highest BCUT2D eigenvalue weighted by atomic mass is 16.7. The standard InChI is InChI=1S/C27H40N2O6/c1-2-3-10-20(14-17-26(32)35-29-24(30)15-16-25(29)31)11-8-9-18-28-27(33)34-19-23-21-12-6-4-5-7-13-22(21)23/h20-23H,2-3,6-19H2,1H3,(H,28,33)/t20?,21-,22+,23?. The SMILES string of the molecule is CCCCC(CCCCNC(=O)OCC1[C@H]2CCC#CCC[C@@H]12)CCC(=O)ON1C(=O)CCC1=O. The Balaban J connectivity index is 1.25. The van der Waals surface area contributed by atoms with Crippen LogP contribution in [0.5, 0.6) is 0 Å². The van der Waals surface area contributed by atoms with E-state index in [0.29, 0.717) is 48.3 Å². The van der Waals surface area contributed by atoms with E-state index in [1.807, 2.05) is 0 Å². The third kappa shape index (κ3) is 8.87. The van der Waals surface area contributed by atoms with Crippen LogP contribution in [0.2, 0.25) is 0 Å². The maximum Gasteiger partial charge on any atom is 0.407 e. The number of fused-ring (bicyclic) bond motifs is 1. The first-order chi connectivity index (χ1) is 17.0. The number of nitrogens with one attached hydrogen (secondary N) is 1. The topological polar surface area (TPSA) is 102 Å². The average Bonchev–Trinajstić information content (AvgIpc) is 3.37. The Bertz CT molecular complexity index is 782. The van der Waals surface area contributed by atoms with Gasteiger partial charge in [-0.3, -0.25) is 9.59 Å². The summed E-state index contributed by atoms with van der Waals surface area (Å²) in [5.74, 6) is 7.18. The van der Waals surface area contributed by atoms with Gasteiger partial charge in [-0.1, -0.05) is 39.0 Å². The van der Waals surface area contributed by atoms with Gasteiger partial charge >= 0.3 is 12.1 Å². The minimum Gasteiger partial charge on any atom is -0.449 e. The Labute approximate surface area is 208 Å². The molecule has 0 bridgehead atoms. The lowest BCUT2D eigenvalue weighted by Gasteiger charge is -2.17. The monoisotopic (exact) mass is 488 g/mol. The van der Waals surface area contributed by atoms with Crippen LogP contribution in [0.1, 0.15) is 96.8 Å². The maximum absolute atomic E-state index is 12.1. The third-order valence-electron chi connectivity index (χ3n) is 7.48. The van der Waals surface area contributed by atoms with E-state index < -0.39 is 17.8 Å². The molecule has 0 radical (unpaired) electrons. The molecule has 2 fully saturated rings. The van der Waals surface area contributed by atoms with Crippen LogP contribution in [0.15, 0.2) is 0 Å². The van der Waals surface area contributed by atoms with E-state index in [9.17, 15) is 19.2 Å². The van der Waals surface area contributed by atoms with E-state index in [-0.39, 0.29) is 25.4 Å². The quantitative estimate of drug-likeness (QED) is 0.219. The van der Waals surface area contributed by atoms with Crippen molar-refractivity contribution in [1.82, 2.24) is 10.4 Å². The van der Waals surface area contributed by atoms with Crippen molar-refractivity contribution in [3.05, 3.63) is 0 Å². The second-order valence-corrected chi connectivity index (χ2v) is 10.0. The summed E-state index contributed by atoms with van der Waals surface area (Å²) < 4.78 is 5.46. The van der Waals surface area contributed by atoms with E-state index in [2.05, 4.69) is 24.1 Å². The summed E-state index contributed by atoms with van der Waals surface area (Å²) in [6.07, 6.45) is 10.8. The van der Waals surface area contributed by atoms with Crippen molar-refractivity contribution in [1.29, 1.82) is 0 Å². The van der Waals surface area contributed by atoms with E-state index in [1.54, 1.807) is 0 Å². The van der Waals surface area contributed by atoms with Crippen LogP contribution < -0.4 is 5.32 Å². The van der Waals surface area contributed by atoms with Crippen LogP contribution in [0.4, 0.5) is 4.79 Å². The van der Waals surface area contributed by atoms with Gasteiger partial charge in [-0.15, -0.1) is 16.9 Å². The minimum atomic E-state index is -0.534. The number of hydrogen-bond donors (Lipinski definition) is 1. The molecular formula is C27H40N2O6. The fourth-order valence-electron chi connectivity index (χ4n) is 5.31. The average molecular weight is 489 g/mol. The first-order valence-electron chi connectivity index (χ1n) is 13.4. The molecule has 2 unspecified atom stereocenters. The molecule has 35 heavy (non-hydrogen) atoms. The van der Waals surface area contributed by atoms with E-state index in [1.165, 1.54) is 0 Å². The number of amides is 3. The number of ether oxygens (including phenoxy) is 1. The van der Waals surface area contributed by atoms with Gasteiger partial charge in [0.05, 0.1) is 6.61 Å². The zero-order valence-corrected chi connectivity index (χ0v) is 21.0. The zero-order valence-electron chi connectivity index (χ0n) is 21.0. The molecule has 3 rings (SSSR count). The predicted molar refractivity (Wildman–Crippen MR) is 129 cm³/mol. The number of hydroxylamine groups is 2. The summed E-state index contributed by atoms with van der Waals surface area (Å²) in [5.41, 5.74) is 0. The van der Waals surface area contributed by atoms with Crippen LogP contribution in [-0.4, -0.2) is 42.1 Å². The summed E-state index contributed by atoms with van der Waals surface area (Å²) in [6, 6.07) is 0. The lowest BCUT2D eigenvalue weighted by atomic mass is 9.91. The van der Waals surface area contributed by atoms with Crippen molar-refractivity contribution in [3.8, 4) is 11.8 Å². The second kappa shape index (κ2) is 14.1. The van der Waals surface area contributed by atoms with Crippen LogP contribution in [0.25, 0.3) is 0 Å². The van der Waals surface area contributed by atoms with E-state index in [4.69, 9.17) is 9.57 Å². The highest BCUT2D eigenvalue weighted by Gasteiger charge is 2.49. The highest BCUT2D eigenvalue weighted by molar-refractivity contribution is 6.01. The van der Waals surface area contributed by atoms with Crippen molar-refractivity contribution in [2.75, 3.05) is 13.2 Å². The largest absolute Gasteiger partial charge is 0.449 e. The van der Waals surface area contributed by atoms with Gasteiger partial charge in [-0.25, -0.2) is 9.59 Å². The Kier molecular flexibility index (Phi) is 10.9. The molecule has 0 aromatic heterocycles. The van der Waals surface area contributed by atoms with E-state index in [0.717, 1.165) is 64.2 Å². The van der Waals surface area contributed by atoms with Gasteiger partial charge in [0.25, 0.3) is 11.8 Å². The molecule has 8 heteroatoms. The molecule has 0 spiro atoms. The van der Waals surface area contributed by atoms with Crippen LogP contribution in [0, 0.1) is 35.5 Å². The number of nitrogens with zero attached hydrogens (tertiary/aromatic N) is 1. The van der Waals surface area contributed by atoms with Gasteiger partial charge in [0.1, 0.15) is 0 Å². The molecule has 1 heterocycles. The number of unbranched alkanes of at least 4 members (excludes halogenated alkanes) is 2. The number of imide groups is 1. The second-order valence-electron chi connectivity index (χ2n) is 10.0. The van der Waals surface area contributed by atoms with Gasteiger partial charge in [0.2, 0.25) is 0 Å². The molecule has 1 N–H and O–H groups in total. The van der Waals surface area contributed by atoms with Crippen LogP contribution >= 0.6 is 0 Å². The first-order valence-corrected chi connectivity index (χ1v) is 13.4. The molecule has 4 atom stereocenters. The van der Waals surface area contributed by atoms with Crippen molar-refractivity contribution < 1.29 is 28.8 Å². The van der Waals surface area contributed by atoms with E-state index >= 15 is 0 Å².